The monoisotopic (exact) mass is 334 g/mol. The van der Waals surface area contributed by atoms with E-state index in [1.807, 2.05) is 0 Å². The van der Waals surface area contributed by atoms with Crippen LogP contribution in [0.15, 0.2) is 23.1 Å². The zero-order valence-corrected chi connectivity index (χ0v) is 13.5. The van der Waals surface area contributed by atoms with Gasteiger partial charge in [0, 0.05) is 19.6 Å². The fourth-order valence-corrected chi connectivity index (χ4v) is 3.50. The van der Waals surface area contributed by atoms with Crippen LogP contribution in [0.3, 0.4) is 0 Å². The first-order valence-electron chi connectivity index (χ1n) is 6.57. The summed E-state index contributed by atoms with van der Waals surface area (Å²) in [5.41, 5.74) is 0.0679. The molecule has 8 heteroatoms. The van der Waals surface area contributed by atoms with Gasteiger partial charge in [-0.2, -0.15) is 4.31 Å². The van der Waals surface area contributed by atoms with Gasteiger partial charge in [-0.05, 0) is 18.2 Å². The van der Waals surface area contributed by atoms with Crippen LogP contribution in [0.5, 0.6) is 0 Å². The number of sulfonamides is 1. The highest BCUT2D eigenvalue weighted by Gasteiger charge is 2.23. The van der Waals surface area contributed by atoms with E-state index in [1.165, 1.54) is 22.5 Å². The van der Waals surface area contributed by atoms with Crippen molar-refractivity contribution >= 4 is 27.5 Å². The Hall–Kier alpha value is -1.15. The number of carbonyl (C=O) groups excluding carboxylic acids is 1. The smallest absolute Gasteiger partial charge is 0.252 e. The molecule has 0 atom stereocenters. The van der Waals surface area contributed by atoms with E-state index in [-0.39, 0.29) is 28.6 Å². The van der Waals surface area contributed by atoms with Crippen molar-refractivity contribution in [2.75, 3.05) is 26.2 Å². The highest BCUT2D eigenvalue weighted by molar-refractivity contribution is 7.89. The van der Waals surface area contributed by atoms with E-state index in [9.17, 15) is 13.2 Å². The molecule has 0 spiro atoms. The minimum Gasteiger partial charge on any atom is -0.395 e. The van der Waals surface area contributed by atoms with Gasteiger partial charge in [0.15, 0.2) is 0 Å². The molecule has 0 unspecified atom stereocenters. The van der Waals surface area contributed by atoms with Gasteiger partial charge >= 0.3 is 0 Å². The van der Waals surface area contributed by atoms with Crippen molar-refractivity contribution in [2.24, 2.45) is 0 Å². The first kappa shape index (κ1) is 17.9. The van der Waals surface area contributed by atoms with Crippen molar-refractivity contribution in [1.29, 1.82) is 0 Å². The molecule has 118 valence electrons. The summed E-state index contributed by atoms with van der Waals surface area (Å²) in [6.45, 7) is 4.03. The summed E-state index contributed by atoms with van der Waals surface area (Å²) in [5.74, 6) is -0.523. The molecule has 0 bridgehead atoms. The van der Waals surface area contributed by atoms with Gasteiger partial charge in [-0.3, -0.25) is 4.79 Å². The summed E-state index contributed by atoms with van der Waals surface area (Å²) in [4.78, 5) is 11.9. The van der Waals surface area contributed by atoms with E-state index in [0.29, 0.717) is 13.1 Å². The maximum atomic E-state index is 12.4. The van der Waals surface area contributed by atoms with Crippen LogP contribution >= 0.6 is 11.6 Å². The molecule has 6 nitrogen and oxygen atoms in total. The lowest BCUT2D eigenvalue weighted by molar-refractivity contribution is 0.0944. The normalized spacial score (nSPS) is 11.7. The summed E-state index contributed by atoms with van der Waals surface area (Å²) in [5, 5.41) is 11.3. The zero-order chi connectivity index (χ0) is 16.0. The Morgan fingerprint density at radius 1 is 1.33 bits per heavy atom. The SMILES string of the molecule is CCN(CC)S(=O)(=O)c1ccc(Cl)c(C(=O)NCCO)c1. The van der Waals surface area contributed by atoms with Gasteiger partial charge in [-0.25, -0.2) is 8.42 Å². The molecule has 1 rings (SSSR count). The van der Waals surface area contributed by atoms with Crippen LogP contribution in [0, 0.1) is 0 Å². The Labute approximate surface area is 129 Å². The lowest BCUT2D eigenvalue weighted by Gasteiger charge is -2.19. The molecule has 0 radical (unpaired) electrons. The molecule has 0 heterocycles. The maximum absolute atomic E-state index is 12.4. The third-order valence-electron chi connectivity index (χ3n) is 2.92. The Morgan fingerprint density at radius 3 is 2.48 bits per heavy atom. The van der Waals surface area contributed by atoms with E-state index in [1.54, 1.807) is 13.8 Å². The highest BCUT2D eigenvalue weighted by Crippen LogP contribution is 2.23. The minimum absolute atomic E-state index is 0.0183. The quantitative estimate of drug-likeness (QED) is 0.781. The van der Waals surface area contributed by atoms with Gasteiger partial charge < -0.3 is 10.4 Å². The Balaban J connectivity index is 3.20. The van der Waals surface area contributed by atoms with E-state index in [4.69, 9.17) is 16.7 Å². The van der Waals surface area contributed by atoms with Gasteiger partial charge in [-0.1, -0.05) is 25.4 Å². The van der Waals surface area contributed by atoms with Gasteiger partial charge in [0.2, 0.25) is 10.0 Å². The highest BCUT2D eigenvalue weighted by atomic mass is 35.5. The van der Waals surface area contributed by atoms with E-state index < -0.39 is 15.9 Å². The molecule has 21 heavy (non-hydrogen) atoms. The van der Waals surface area contributed by atoms with Crippen molar-refractivity contribution in [2.45, 2.75) is 18.7 Å². The van der Waals surface area contributed by atoms with Gasteiger partial charge in [0.25, 0.3) is 5.91 Å². The summed E-state index contributed by atoms with van der Waals surface area (Å²) in [6.07, 6.45) is 0. The Morgan fingerprint density at radius 2 is 1.95 bits per heavy atom. The second kappa shape index (κ2) is 7.74. The predicted molar refractivity (Wildman–Crippen MR) is 81.0 cm³/mol. The molecule has 1 aromatic rings. The van der Waals surface area contributed by atoms with E-state index >= 15 is 0 Å². The molecular formula is C13H19ClN2O4S. The molecule has 0 saturated carbocycles. The summed E-state index contributed by atoms with van der Waals surface area (Å²) in [6, 6.07) is 4.01. The number of hydrogen-bond donors (Lipinski definition) is 2. The second-order valence-corrected chi connectivity index (χ2v) is 6.56. The molecule has 0 saturated heterocycles. The van der Waals surface area contributed by atoms with Crippen molar-refractivity contribution < 1.29 is 18.3 Å². The first-order valence-corrected chi connectivity index (χ1v) is 8.39. The van der Waals surface area contributed by atoms with E-state index in [0.717, 1.165) is 0 Å². The van der Waals surface area contributed by atoms with Gasteiger partial charge in [-0.15, -0.1) is 0 Å². The fraction of sp³-hybridized carbons (Fsp3) is 0.462. The van der Waals surface area contributed by atoms with Crippen LogP contribution in [-0.2, 0) is 10.0 Å². The molecule has 0 aliphatic heterocycles. The van der Waals surface area contributed by atoms with Crippen molar-refractivity contribution in [3.63, 3.8) is 0 Å². The third-order valence-corrected chi connectivity index (χ3v) is 5.30. The van der Waals surface area contributed by atoms with Crippen molar-refractivity contribution in [3.8, 4) is 0 Å². The molecule has 0 aromatic heterocycles. The Bertz CT molecular complexity index is 600. The largest absolute Gasteiger partial charge is 0.395 e. The standard InChI is InChI=1S/C13H19ClN2O4S/c1-3-16(4-2)21(19,20)10-5-6-12(14)11(9-10)13(18)15-7-8-17/h5-6,9,17H,3-4,7-8H2,1-2H3,(H,15,18). The van der Waals surface area contributed by atoms with Crippen LogP contribution in [0.4, 0.5) is 0 Å². The van der Waals surface area contributed by atoms with Crippen LogP contribution in [-0.4, -0.2) is 50.0 Å². The van der Waals surface area contributed by atoms with Crippen LogP contribution in [0.25, 0.3) is 0 Å². The summed E-state index contributed by atoms with van der Waals surface area (Å²) >= 11 is 5.94. The molecule has 0 aliphatic rings. The number of hydrogen-bond acceptors (Lipinski definition) is 4. The fourth-order valence-electron chi connectivity index (χ4n) is 1.82. The number of nitrogens with zero attached hydrogens (tertiary/aromatic N) is 1. The third kappa shape index (κ3) is 4.16. The van der Waals surface area contributed by atoms with Gasteiger partial charge in [0.1, 0.15) is 0 Å². The number of rotatable bonds is 7. The number of aliphatic hydroxyl groups excluding tert-OH is 1. The number of benzene rings is 1. The van der Waals surface area contributed by atoms with E-state index in [2.05, 4.69) is 5.32 Å². The van der Waals surface area contributed by atoms with Crippen LogP contribution < -0.4 is 5.32 Å². The van der Waals surface area contributed by atoms with Gasteiger partial charge in [0.05, 0.1) is 22.1 Å². The molecule has 0 aliphatic carbocycles. The molecule has 2 N–H and O–H groups in total. The van der Waals surface area contributed by atoms with Crippen molar-refractivity contribution in [3.05, 3.63) is 28.8 Å². The maximum Gasteiger partial charge on any atom is 0.252 e. The molecule has 1 aromatic carbocycles. The number of halogens is 1. The number of nitrogens with one attached hydrogen (secondary N) is 1. The molecular weight excluding hydrogens is 316 g/mol. The molecule has 1 amide bonds. The average Bonchev–Trinajstić information content (AvgIpc) is 2.46. The lowest BCUT2D eigenvalue weighted by atomic mass is 10.2. The molecule has 0 fully saturated rings. The minimum atomic E-state index is -3.65. The lowest BCUT2D eigenvalue weighted by Crippen LogP contribution is -2.31. The zero-order valence-electron chi connectivity index (χ0n) is 12.0. The summed E-state index contributed by atoms with van der Waals surface area (Å²) < 4.78 is 26.1. The topological polar surface area (TPSA) is 86.7 Å². The van der Waals surface area contributed by atoms with Crippen LogP contribution in [0.2, 0.25) is 5.02 Å². The number of amides is 1. The number of carbonyl (C=O) groups is 1. The number of aliphatic hydroxyl groups is 1. The first-order chi connectivity index (χ1) is 9.88. The predicted octanol–water partition coefficient (Wildman–Crippen LogP) is 1.09. The Kier molecular flexibility index (Phi) is 6.60. The average molecular weight is 335 g/mol. The summed E-state index contributed by atoms with van der Waals surface area (Å²) in [7, 11) is -3.65. The second-order valence-electron chi connectivity index (χ2n) is 4.21. The van der Waals surface area contributed by atoms with Crippen molar-refractivity contribution in [1.82, 2.24) is 9.62 Å². The van der Waals surface area contributed by atoms with Crippen LogP contribution in [0.1, 0.15) is 24.2 Å².